The van der Waals surface area contributed by atoms with Crippen LogP contribution in [0.5, 0.6) is 0 Å². The molecule has 0 radical (unpaired) electrons. The molecule has 1 rings (SSSR count). The van der Waals surface area contributed by atoms with Gasteiger partial charge in [-0.2, -0.15) is 0 Å². The summed E-state index contributed by atoms with van der Waals surface area (Å²) in [7, 11) is 0. The smallest absolute Gasteiger partial charge is 0.326 e. The summed E-state index contributed by atoms with van der Waals surface area (Å²) in [6, 6.07) is -1.08. The van der Waals surface area contributed by atoms with E-state index in [0.29, 0.717) is 10.1 Å². The molecule has 0 aromatic rings. The molecule has 0 spiro atoms. The molecule has 0 saturated carbocycles. The molecule has 15 heavy (non-hydrogen) atoms. The zero-order chi connectivity index (χ0) is 11.6. The van der Waals surface area contributed by atoms with Gasteiger partial charge < -0.3 is 15.1 Å². The summed E-state index contributed by atoms with van der Waals surface area (Å²) >= 11 is 6.39. The minimum absolute atomic E-state index is 0.0250. The van der Waals surface area contributed by atoms with Gasteiger partial charge in [-0.15, -0.1) is 0 Å². The van der Waals surface area contributed by atoms with Crippen molar-refractivity contribution in [2.24, 2.45) is 0 Å². The Hall–Kier alpha value is -0.820. The molecule has 0 amide bonds. The number of hydrogen-bond donors (Lipinski definition) is 2. The Morgan fingerprint density at radius 3 is 2.60 bits per heavy atom. The van der Waals surface area contributed by atoms with Crippen molar-refractivity contribution < 1.29 is 19.8 Å². The van der Waals surface area contributed by atoms with Crippen LogP contribution in [0.3, 0.4) is 0 Å². The van der Waals surface area contributed by atoms with Gasteiger partial charge in [0.05, 0.1) is 6.42 Å². The highest BCUT2D eigenvalue weighted by atomic mass is 32.2. The molecule has 2 N–H and O–H groups in total. The van der Waals surface area contributed by atoms with Gasteiger partial charge in [-0.3, -0.25) is 4.79 Å². The van der Waals surface area contributed by atoms with Gasteiger partial charge in [0.15, 0.2) is 0 Å². The van der Waals surface area contributed by atoms with Crippen molar-refractivity contribution in [3.8, 4) is 0 Å². The number of carboxylic acids is 2. The van der Waals surface area contributed by atoms with Gasteiger partial charge >= 0.3 is 11.9 Å². The highest BCUT2D eigenvalue weighted by molar-refractivity contribution is 8.23. The number of nitrogens with zero attached hydrogens (tertiary/aromatic N) is 1. The van der Waals surface area contributed by atoms with Crippen molar-refractivity contribution in [2.75, 3.05) is 5.75 Å². The first-order chi connectivity index (χ1) is 6.93. The number of rotatable bonds is 4. The van der Waals surface area contributed by atoms with E-state index < -0.39 is 24.4 Å². The van der Waals surface area contributed by atoms with Gasteiger partial charge in [0.1, 0.15) is 10.4 Å². The second kappa shape index (κ2) is 4.80. The number of thioether (sulfide) groups is 1. The molecule has 0 aromatic carbocycles. The average Bonchev–Trinajstić information content (AvgIpc) is 2.42. The molecule has 0 aromatic heterocycles. The molecule has 2 atom stereocenters. The zero-order valence-corrected chi connectivity index (χ0v) is 9.68. The summed E-state index contributed by atoms with van der Waals surface area (Å²) in [5.74, 6) is -1.56. The summed E-state index contributed by atoms with van der Waals surface area (Å²) < 4.78 is 0.469. The van der Waals surface area contributed by atoms with Crippen molar-refractivity contribution in [1.29, 1.82) is 0 Å². The lowest BCUT2D eigenvalue weighted by Gasteiger charge is -2.28. The van der Waals surface area contributed by atoms with E-state index in [1.807, 2.05) is 6.92 Å². The van der Waals surface area contributed by atoms with Crippen LogP contribution >= 0.6 is 24.0 Å². The number of thiocarbonyl (C=S) groups is 1. The quantitative estimate of drug-likeness (QED) is 0.708. The largest absolute Gasteiger partial charge is 0.481 e. The van der Waals surface area contributed by atoms with E-state index in [9.17, 15) is 9.59 Å². The lowest BCUT2D eigenvalue weighted by Crippen LogP contribution is -2.46. The van der Waals surface area contributed by atoms with Gasteiger partial charge in [0.25, 0.3) is 0 Å². The third-order valence-electron chi connectivity index (χ3n) is 2.12. The molecule has 5 nitrogen and oxygen atoms in total. The first kappa shape index (κ1) is 12.3. The number of hydrogen-bond acceptors (Lipinski definition) is 4. The number of carboxylic acid groups (broad SMARTS) is 2. The van der Waals surface area contributed by atoms with Crippen LogP contribution in [0.15, 0.2) is 0 Å². The number of carbonyl (C=O) groups is 2. The van der Waals surface area contributed by atoms with E-state index in [-0.39, 0.29) is 6.04 Å². The van der Waals surface area contributed by atoms with Crippen LogP contribution in [-0.4, -0.2) is 49.2 Å². The fourth-order valence-electron chi connectivity index (χ4n) is 1.43. The summed E-state index contributed by atoms with van der Waals surface area (Å²) in [6.45, 7) is 1.84. The van der Waals surface area contributed by atoms with Crippen molar-refractivity contribution in [3.63, 3.8) is 0 Å². The molecule has 2 unspecified atom stereocenters. The Labute approximate surface area is 96.4 Å². The third-order valence-corrected chi connectivity index (χ3v) is 3.79. The zero-order valence-electron chi connectivity index (χ0n) is 8.04. The van der Waals surface area contributed by atoms with E-state index in [4.69, 9.17) is 22.4 Å². The van der Waals surface area contributed by atoms with Gasteiger partial charge in [-0.25, -0.2) is 4.79 Å². The minimum Gasteiger partial charge on any atom is -0.481 e. The summed E-state index contributed by atoms with van der Waals surface area (Å²) in [6.07, 6.45) is -0.430. The molecular weight excluding hydrogens is 238 g/mol. The maximum atomic E-state index is 10.9. The lowest BCUT2D eigenvalue weighted by molar-refractivity contribution is -0.148. The van der Waals surface area contributed by atoms with Crippen LogP contribution in [-0.2, 0) is 9.59 Å². The predicted octanol–water partition coefficient (Wildman–Crippen LogP) is 0.636. The third kappa shape index (κ3) is 2.82. The fourth-order valence-corrected chi connectivity index (χ4v) is 2.94. The molecule has 1 fully saturated rings. The Bertz CT molecular complexity index is 307. The van der Waals surface area contributed by atoms with E-state index >= 15 is 0 Å². The van der Waals surface area contributed by atoms with E-state index in [1.165, 1.54) is 16.7 Å². The molecule has 1 aliphatic rings. The Morgan fingerprint density at radius 2 is 2.27 bits per heavy atom. The van der Waals surface area contributed by atoms with E-state index in [0.717, 1.165) is 0 Å². The Morgan fingerprint density at radius 1 is 1.67 bits per heavy atom. The molecule has 1 saturated heterocycles. The molecule has 0 aliphatic carbocycles. The molecule has 7 heteroatoms. The van der Waals surface area contributed by atoms with Crippen LogP contribution in [0, 0.1) is 0 Å². The number of aliphatic carboxylic acids is 2. The van der Waals surface area contributed by atoms with Crippen molar-refractivity contribution in [1.82, 2.24) is 4.90 Å². The molecule has 84 valence electrons. The van der Waals surface area contributed by atoms with Crippen LogP contribution in [0.2, 0.25) is 0 Å². The second-order valence-electron chi connectivity index (χ2n) is 3.29. The molecule has 1 heterocycles. The Kier molecular flexibility index (Phi) is 3.92. The van der Waals surface area contributed by atoms with Crippen LogP contribution in [0.4, 0.5) is 0 Å². The van der Waals surface area contributed by atoms with Crippen LogP contribution in [0.25, 0.3) is 0 Å². The molecular formula is C8H11NO4S2. The summed E-state index contributed by atoms with van der Waals surface area (Å²) in [4.78, 5) is 23.0. The summed E-state index contributed by atoms with van der Waals surface area (Å²) in [5, 5.41) is 17.6. The van der Waals surface area contributed by atoms with Crippen molar-refractivity contribution >= 4 is 40.2 Å². The SMILES string of the molecule is CC1CSC(=S)N1C(CC(=O)O)C(=O)O. The average molecular weight is 249 g/mol. The van der Waals surface area contributed by atoms with Gasteiger partial charge in [-0.1, -0.05) is 24.0 Å². The molecule has 0 bridgehead atoms. The lowest BCUT2D eigenvalue weighted by atomic mass is 10.1. The second-order valence-corrected chi connectivity index (χ2v) is 4.94. The normalized spacial score (nSPS) is 22.9. The van der Waals surface area contributed by atoms with Crippen molar-refractivity contribution in [3.05, 3.63) is 0 Å². The van der Waals surface area contributed by atoms with Crippen LogP contribution in [0.1, 0.15) is 13.3 Å². The first-order valence-corrected chi connectivity index (χ1v) is 5.72. The highest BCUT2D eigenvalue weighted by Crippen LogP contribution is 2.27. The maximum Gasteiger partial charge on any atom is 0.326 e. The minimum atomic E-state index is -1.14. The topological polar surface area (TPSA) is 77.8 Å². The van der Waals surface area contributed by atoms with Crippen LogP contribution < -0.4 is 0 Å². The van der Waals surface area contributed by atoms with Gasteiger partial charge in [-0.05, 0) is 6.92 Å². The summed E-state index contributed by atoms with van der Waals surface area (Å²) in [5.41, 5.74) is 0. The van der Waals surface area contributed by atoms with Gasteiger partial charge in [0, 0.05) is 11.8 Å². The van der Waals surface area contributed by atoms with E-state index in [2.05, 4.69) is 0 Å². The Balaban J connectivity index is 2.83. The monoisotopic (exact) mass is 249 g/mol. The molecule has 1 aliphatic heterocycles. The maximum absolute atomic E-state index is 10.9. The highest BCUT2D eigenvalue weighted by Gasteiger charge is 2.36. The van der Waals surface area contributed by atoms with E-state index in [1.54, 1.807) is 0 Å². The van der Waals surface area contributed by atoms with Crippen molar-refractivity contribution in [2.45, 2.75) is 25.4 Å². The van der Waals surface area contributed by atoms with Gasteiger partial charge in [0.2, 0.25) is 0 Å². The standard InChI is InChI=1S/C8H11NO4S2/c1-4-3-15-8(14)9(4)5(7(12)13)2-6(10)11/h4-5H,2-3H2,1H3,(H,10,11)(H,12,13). The predicted molar refractivity (Wildman–Crippen MR) is 60.0 cm³/mol. The first-order valence-electron chi connectivity index (χ1n) is 4.33. The fraction of sp³-hybridized carbons (Fsp3) is 0.625.